The molecule has 0 aromatic rings. The van der Waals surface area contributed by atoms with Gasteiger partial charge in [-0.3, -0.25) is 5.41 Å². The van der Waals surface area contributed by atoms with Gasteiger partial charge in [-0.1, -0.05) is 11.6 Å². The molecule has 0 amide bonds. The summed E-state index contributed by atoms with van der Waals surface area (Å²) in [5.74, 6) is 0. The van der Waals surface area contributed by atoms with Crippen LogP contribution in [0.1, 0.15) is 0 Å². The first-order valence-corrected chi connectivity index (χ1v) is 2.64. The van der Waals surface area contributed by atoms with Crippen molar-refractivity contribution in [3.05, 3.63) is 29.7 Å². The van der Waals surface area contributed by atoms with Gasteiger partial charge in [0, 0.05) is 0 Å². The van der Waals surface area contributed by atoms with Gasteiger partial charge in [-0.05, 0) is 0 Å². The van der Waals surface area contributed by atoms with Crippen LogP contribution in [0.5, 0.6) is 0 Å². The van der Waals surface area contributed by atoms with Crippen LogP contribution < -0.4 is 0 Å². The molecule has 0 saturated heterocycles. The lowest BCUT2D eigenvalue weighted by Crippen LogP contribution is -1.93. The molecule has 0 bridgehead atoms. The molecule has 0 aliphatic heterocycles. The molecule has 0 aromatic heterocycles. The maximum atomic E-state index is 7.05. The zero-order chi connectivity index (χ0) is 5.98. The molecule has 0 saturated carbocycles. The van der Waals surface area contributed by atoms with Crippen LogP contribution in [-0.4, -0.2) is 5.71 Å². The lowest BCUT2D eigenvalue weighted by Gasteiger charge is -1.87. The van der Waals surface area contributed by atoms with Crippen molar-refractivity contribution >= 4 is 17.3 Å². The summed E-state index contributed by atoms with van der Waals surface area (Å²) in [7, 11) is 0. The van der Waals surface area contributed by atoms with Crippen LogP contribution in [0.4, 0.5) is 0 Å². The zero-order valence-corrected chi connectivity index (χ0v) is 4.94. The monoisotopic (exact) mass is 126 g/mol. The summed E-state index contributed by atoms with van der Waals surface area (Å²) in [6, 6.07) is 0. The SMILES string of the molecule is N=C1C=C(Cl)C=C[CH+]1. The number of nitrogens with one attached hydrogen (secondary N) is 1. The van der Waals surface area contributed by atoms with Crippen LogP contribution in [0.3, 0.4) is 0 Å². The minimum Gasteiger partial charge on any atom is -0.275 e. The smallest absolute Gasteiger partial charge is 0.167 e. The van der Waals surface area contributed by atoms with Gasteiger partial charge in [-0.2, -0.15) is 0 Å². The van der Waals surface area contributed by atoms with Crippen LogP contribution in [-0.2, 0) is 0 Å². The Balaban J connectivity index is 2.77. The summed E-state index contributed by atoms with van der Waals surface area (Å²) in [6.07, 6.45) is 6.79. The molecule has 1 N–H and O–H groups in total. The highest BCUT2D eigenvalue weighted by Crippen LogP contribution is 2.09. The van der Waals surface area contributed by atoms with E-state index in [2.05, 4.69) is 0 Å². The van der Waals surface area contributed by atoms with Crippen LogP contribution in [0, 0.1) is 11.8 Å². The Morgan fingerprint density at radius 1 is 1.62 bits per heavy atom. The van der Waals surface area contributed by atoms with Crippen molar-refractivity contribution in [1.82, 2.24) is 0 Å². The van der Waals surface area contributed by atoms with Gasteiger partial charge in [0.25, 0.3) is 0 Å². The fraction of sp³-hybridized carbons (Fsp3) is 0. The van der Waals surface area contributed by atoms with Gasteiger partial charge in [0.2, 0.25) is 0 Å². The lowest BCUT2D eigenvalue weighted by atomic mass is 10.2. The second kappa shape index (κ2) is 2.05. The molecule has 1 nitrogen and oxygen atoms in total. The minimum atomic E-state index is 0.456. The molecule has 2 heteroatoms. The minimum absolute atomic E-state index is 0.456. The summed E-state index contributed by atoms with van der Waals surface area (Å²) < 4.78 is 0. The summed E-state index contributed by atoms with van der Waals surface area (Å²) in [5.41, 5.74) is 0.456. The summed E-state index contributed by atoms with van der Waals surface area (Å²) in [5, 5.41) is 7.67. The largest absolute Gasteiger partial charge is 0.275 e. The van der Waals surface area contributed by atoms with E-state index in [4.69, 9.17) is 17.0 Å². The molecular formula is C6H5ClN+. The van der Waals surface area contributed by atoms with Crippen LogP contribution in [0.2, 0.25) is 0 Å². The van der Waals surface area contributed by atoms with Gasteiger partial charge in [0.1, 0.15) is 0 Å². The molecule has 0 unspecified atom stereocenters. The molecule has 0 heterocycles. The molecule has 0 fully saturated rings. The van der Waals surface area contributed by atoms with Gasteiger partial charge in [0.05, 0.1) is 24.6 Å². The van der Waals surface area contributed by atoms with E-state index in [9.17, 15) is 0 Å². The van der Waals surface area contributed by atoms with Crippen molar-refractivity contribution < 1.29 is 0 Å². The van der Waals surface area contributed by atoms with E-state index in [1.54, 1.807) is 24.6 Å². The normalized spacial score (nSPS) is 17.6. The van der Waals surface area contributed by atoms with E-state index in [-0.39, 0.29) is 0 Å². The third-order valence-corrected chi connectivity index (χ3v) is 1.06. The van der Waals surface area contributed by atoms with Gasteiger partial charge in [0.15, 0.2) is 10.7 Å². The predicted octanol–water partition coefficient (Wildman–Crippen LogP) is 1.90. The fourth-order valence-electron chi connectivity index (χ4n) is 0.488. The Kier molecular flexibility index (Phi) is 1.40. The third-order valence-electron chi connectivity index (χ3n) is 0.825. The van der Waals surface area contributed by atoms with Crippen molar-refractivity contribution in [2.75, 3.05) is 0 Å². The molecule has 0 radical (unpaired) electrons. The van der Waals surface area contributed by atoms with E-state index >= 15 is 0 Å². The number of rotatable bonds is 0. The van der Waals surface area contributed by atoms with Crippen LogP contribution in [0.25, 0.3) is 0 Å². The Labute approximate surface area is 53.2 Å². The molecule has 40 valence electrons. The molecule has 0 aromatic carbocycles. The molecule has 1 aliphatic carbocycles. The highest BCUT2D eigenvalue weighted by Gasteiger charge is 2.05. The van der Waals surface area contributed by atoms with E-state index in [0.717, 1.165) is 0 Å². The standard InChI is InChI=1S/C6H5ClN/c7-5-2-1-3-6(8)4-5/h1-4,8H/q+1. The Morgan fingerprint density at radius 2 is 2.38 bits per heavy atom. The first-order chi connectivity index (χ1) is 3.79. The first-order valence-electron chi connectivity index (χ1n) is 2.26. The fourth-order valence-corrected chi connectivity index (χ4v) is 0.679. The molecule has 0 atom stereocenters. The van der Waals surface area contributed by atoms with Gasteiger partial charge < -0.3 is 0 Å². The second-order valence-electron chi connectivity index (χ2n) is 1.51. The van der Waals surface area contributed by atoms with E-state index < -0.39 is 0 Å². The van der Waals surface area contributed by atoms with Crippen molar-refractivity contribution in [1.29, 1.82) is 5.41 Å². The van der Waals surface area contributed by atoms with E-state index in [1.165, 1.54) is 0 Å². The highest BCUT2D eigenvalue weighted by molar-refractivity contribution is 6.33. The number of halogens is 1. The average Bonchev–Trinajstić information content (AvgIpc) is 1.64. The maximum absolute atomic E-state index is 7.05. The Bertz CT molecular complexity index is 167. The van der Waals surface area contributed by atoms with Gasteiger partial charge in [-0.25, -0.2) is 0 Å². The second-order valence-corrected chi connectivity index (χ2v) is 1.95. The molecule has 0 spiro atoms. The molecular weight excluding hydrogens is 122 g/mol. The number of hydrogen-bond donors (Lipinski definition) is 1. The topological polar surface area (TPSA) is 23.9 Å². The quantitative estimate of drug-likeness (QED) is 0.480. The van der Waals surface area contributed by atoms with Crippen LogP contribution in [0.15, 0.2) is 23.3 Å². The first kappa shape index (κ1) is 5.45. The van der Waals surface area contributed by atoms with Gasteiger partial charge >= 0.3 is 0 Å². The van der Waals surface area contributed by atoms with Crippen molar-refractivity contribution in [3.8, 4) is 0 Å². The van der Waals surface area contributed by atoms with Crippen molar-refractivity contribution in [2.24, 2.45) is 0 Å². The summed E-state index contributed by atoms with van der Waals surface area (Å²) >= 11 is 5.52. The predicted molar refractivity (Wildman–Crippen MR) is 35.1 cm³/mol. The van der Waals surface area contributed by atoms with E-state index in [0.29, 0.717) is 10.7 Å². The zero-order valence-electron chi connectivity index (χ0n) is 4.19. The molecule has 1 rings (SSSR count). The highest BCUT2D eigenvalue weighted by atomic mass is 35.5. The number of hydrogen-bond acceptors (Lipinski definition) is 1. The Hall–Kier alpha value is -0.690. The van der Waals surface area contributed by atoms with E-state index in [1.807, 2.05) is 0 Å². The molecule has 8 heavy (non-hydrogen) atoms. The van der Waals surface area contributed by atoms with Crippen molar-refractivity contribution in [3.63, 3.8) is 0 Å². The van der Waals surface area contributed by atoms with Gasteiger partial charge in [-0.15, -0.1) is 0 Å². The maximum Gasteiger partial charge on any atom is 0.167 e. The average molecular weight is 127 g/mol. The number of allylic oxidation sites excluding steroid dienone is 4. The Morgan fingerprint density at radius 3 is 2.75 bits per heavy atom. The third kappa shape index (κ3) is 1.14. The lowest BCUT2D eigenvalue weighted by molar-refractivity contribution is 1.49. The van der Waals surface area contributed by atoms with Crippen LogP contribution >= 0.6 is 11.6 Å². The summed E-state index contributed by atoms with van der Waals surface area (Å²) in [6.45, 7) is 0. The van der Waals surface area contributed by atoms with Crippen molar-refractivity contribution in [2.45, 2.75) is 0 Å². The molecule has 1 aliphatic rings. The summed E-state index contributed by atoms with van der Waals surface area (Å²) in [4.78, 5) is 0.